The molecular weight excluding hydrogens is 482 g/mol. The van der Waals surface area contributed by atoms with Crippen LogP contribution in [0.2, 0.25) is 0 Å². The maximum absolute atomic E-state index is 13.8. The number of carbonyl (C=O) groups is 1. The number of ether oxygens (including phenoxy) is 2. The van der Waals surface area contributed by atoms with Gasteiger partial charge < -0.3 is 20.1 Å². The van der Waals surface area contributed by atoms with Crippen LogP contribution < -0.4 is 15.4 Å². The first-order chi connectivity index (χ1) is 16.5. The van der Waals surface area contributed by atoms with E-state index in [-0.39, 0.29) is 41.6 Å². The number of nitrogens with zero attached hydrogens (tertiary/aromatic N) is 2. The lowest BCUT2D eigenvalue weighted by molar-refractivity contribution is -0.333. The molecule has 1 atom stereocenters. The van der Waals surface area contributed by atoms with Crippen LogP contribution in [0.4, 0.5) is 42.5 Å². The molecule has 184 valence electrons. The first kappa shape index (κ1) is 24.3. The minimum absolute atomic E-state index is 0.00439. The SMILES string of the molecule is O=C(Nc1ccc(C(F)(F)F)nc1)Nc1cccnc1Oc1ccccc1C1(C(F)(F)F)CCO1. The summed E-state index contributed by atoms with van der Waals surface area (Å²) in [5.41, 5.74) is -3.91. The summed E-state index contributed by atoms with van der Waals surface area (Å²) in [7, 11) is 0. The largest absolute Gasteiger partial charge is 0.437 e. The second-order valence-electron chi connectivity index (χ2n) is 7.39. The topological polar surface area (TPSA) is 85.4 Å². The first-order valence-electron chi connectivity index (χ1n) is 10.0. The zero-order valence-electron chi connectivity index (χ0n) is 17.6. The molecule has 4 rings (SSSR count). The van der Waals surface area contributed by atoms with Gasteiger partial charge in [-0.3, -0.25) is 0 Å². The van der Waals surface area contributed by atoms with Crippen molar-refractivity contribution in [2.75, 3.05) is 17.2 Å². The molecule has 1 aromatic carbocycles. The third-order valence-electron chi connectivity index (χ3n) is 5.12. The van der Waals surface area contributed by atoms with E-state index in [9.17, 15) is 31.1 Å². The van der Waals surface area contributed by atoms with Gasteiger partial charge in [0.05, 0.1) is 18.5 Å². The molecule has 1 aliphatic rings. The summed E-state index contributed by atoms with van der Waals surface area (Å²) in [6.07, 6.45) is -7.47. The summed E-state index contributed by atoms with van der Waals surface area (Å²) in [6, 6.07) is 9.12. The summed E-state index contributed by atoms with van der Waals surface area (Å²) in [4.78, 5) is 19.6. The molecule has 0 aliphatic carbocycles. The number of para-hydroxylation sites is 1. The minimum Gasteiger partial charge on any atom is -0.437 e. The van der Waals surface area contributed by atoms with Crippen LogP contribution in [0, 0.1) is 0 Å². The summed E-state index contributed by atoms with van der Waals surface area (Å²) in [5, 5.41) is 4.70. The average Bonchev–Trinajstić information content (AvgIpc) is 2.74. The van der Waals surface area contributed by atoms with Crippen LogP contribution in [0.5, 0.6) is 11.6 Å². The van der Waals surface area contributed by atoms with Gasteiger partial charge in [-0.25, -0.2) is 14.8 Å². The Kier molecular flexibility index (Phi) is 6.28. The number of amides is 2. The van der Waals surface area contributed by atoms with E-state index in [1.54, 1.807) is 0 Å². The van der Waals surface area contributed by atoms with Crippen molar-refractivity contribution in [1.29, 1.82) is 0 Å². The van der Waals surface area contributed by atoms with Gasteiger partial charge in [-0.15, -0.1) is 0 Å². The van der Waals surface area contributed by atoms with Crippen LogP contribution in [0.25, 0.3) is 0 Å². The van der Waals surface area contributed by atoms with Gasteiger partial charge in [-0.05, 0) is 30.3 Å². The van der Waals surface area contributed by atoms with Crippen LogP contribution in [0.15, 0.2) is 60.9 Å². The van der Waals surface area contributed by atoms with Crippen LogP contribution in [0.1, 0.15) is 17.7 Å². The molecule has 35 heavy (non-hydrogen) atoms. The van der Waals surface area contributed by atoms with Crippen molar-refractivity contribution < 1.29 is 40.6 Å². The van der Waals surface area contributed by atoms with E-state index in [2.05, 4.69) is 20.6 Å². The van der Waals surface area contributed by atoms with Gasteiger partial charge in [-0.2, -0.15) is 26.3 Å². The Labute approximate surface area is 194 Å². The lowest BCUT2D eigenvalue weighted by Gasteiger charge is -2.43. The van der Waals surface area contributed by atoms with Gasteiger partial charge in [0.1, 0.15) is 17.1 Å². The Bertz CT molecular complexity index is 1210. The van der Waals surface area contributed by atoms with Crippen LogP contribution >= 0.6 is 0 Å². The van der Waals surface area contributed by atoms with E-state index in [1.807, 2.05) is 0 Å². The third kappa shape index (κ3) is 4.99. The van der Waals surface area contributed by atoms with E-state index in [0.29, 0.717) is 6.07 Å². The van der Waals surface area contributed by atoms with Crippen molar-refractivity contribution >= 4 is 17.4 Å². The van der Waals surface area contributed by atoms with E-state index in [4.69, 9.17) is 9.47 Å². The van der Waals surface area contributed by atoms with Crippen molar-refractivity contribution in [1.82, 2.24) is 9.97 Å². The van der Waals surface area contributed by atoms with Crippen LogP contribution in [-0.2, 0) is 16.5 Å². The van der Waals surface area contributed by atoms with Crippen molar-refractivity contribution in [3.63, 3.8) is 0 Å². The molecule has 3 aromatic rings. The summed E-state index contributed by atoms with van der Waals surface area (Å²) >= 11 is 0. The number of pyridine rings is 2. The van der Waals surface area contributed by atoms with E-state index >= 15 is 0 Å². The second-order valence-corrected chi connectivity index (χ2v) is 7.39. The van der Waals surface area contributed by atoms with E-state index in [0.717, 1.165) is 12.3 Å². The van der Waals surface area contributed by atoms with Crippen molar-refractivity contribution in [3.05, 3.63) is 72.2 Å². The average molecular weight is 498 g/mol. The fourth-order valence-corrected chi connectivity index (χ4v) is 3.38. The van der Waals surface area contributed by atoms with Gasteiger partial charge in [0.25, 0.3) is 0 Å². The van der Waals surface area contributed by atoms with E-state index < -0.39 is 29.7 Å². The molecule has 0 bridgehead atoms. The van der Waals surface area contributed by atoms with Crippen molar-refractivity contribution in [2.45, 2.75) is 24.4 Å². The molecule has 2 N–H and O–H groups in total. The number of carbonyl (C=O) groups excluding carboxylic acids is 1. The number of alkyl halides is 6. The van der Waals surface area contributed by atoms with Crippen molar-refractivity contribution in [2.24, 2.45) is 0 Å². The fourth-order valence-electron chi connectivity index (χ4n) is 3.38. The monoisotopic (exact) mass is 498 g/mol. The minimum atomic E-state index is -4.69. The molecule has 3 heterocycles. The Morgan fingerprint density at radius 3 is 2.31 bits per heavy atom. The Hall–Kier alpha value is -3.87. The van der Waals surface area contributed by atoms with Gasteiger partial charge in [-0.1, -0.05) is 18.2 Å². The number of rotatable bonds is 5. The summed E-state index contributed by atoms with van der Waals surface area (Å²) < 4.78 is 89.8. The molecule has 0 spiro atoms. The number of hydrogen-bond donors (Lipinski definition) is 2. The number of nitrogens with one attached hydrogen (secondary N) is 2. The highest BCUT2D eigenvalue weighted by atomic mass is 19.4. The molecule has 7 nitrogen and oxygen atoms in total. The van der Waals surface area contributed by atoms with Gasteiger partial charge in [0, 0.05) is 18.2 Å². The number of aromatic nitrogens is 2. The smallest absolute Gasteiger partial charge is 0.433 e. The molecule has 2 amide bonds. The van der Waals surface area contributed by atoms with Gasteiger partial charge >= 0.3 is 18.4 Å². The highest BCUT2D eigenvalue weighted by Crippen LogP contribution is 2.53. The first-order valence-corrected chi connectivity index (χ1v) is 10.0. The predicted molar refractivity (Wildman–Crippen MR) is 111 cm³/mol. The molecular formula is C22H16F6N4O3. The Balaban J connectivity index is 1.53. The molecule has 1 saturated heterocycles. The number of urea groups is 1. The van der Waals surface area contributed by atoms with Crippen LogP contribution in [0.3, 0.4) is 0 Å². The standard InChI is InChI=1S/C22H16F6N4O3/c23-21(24,25)17-8-7-13(12-30-17)31-19(33)32-15-5-3-10-29-18(15)35-16-6-2-1-4-14(16)20(9-11-34-20)22(26,27)28/h1-8,10,12H,9,11H2,(H2,31,32,33). The number of anilines is 2. The maximum Gasteiger partial charge on any atom is 0.433 e. The normalized spacial score (nSPS) is 17.9. The van der Waals surface area contributed by atoms with E-state index in [1.165, 1.54) is 42.6 Å². The highest BCUT2D eigenvalue weighted by Gasteiger charge is 2.62. The lowest BCUT2D eigenvalue weighted by Crippen LogP contribution is -2.52. The molecule has 1 aliphatic heterocycles. The van der Waals surface area contributed by atoms with Gasteiger partial charge in [0.15, 0.2) is 5.60 Å². The number of halogens is 6. The van der Waals surface area contributed by atoms with Crippen LogP contribution in [-0.4, -0.2) is 28.8 Å². The third-order valence-corrected chi connectivity index (χ3v) is 5.12. The van der Waals surface area contributed by atoms with Gasteiger partial charge in [0.2, 0.25) is 5.88 Å². The maximum atomic E-state index is 13.8. The molecule has 0 saturated carbocycles. The lowest BCUT2D eigenvalue weighted by atomic mass is 9.85. The number of hydrogen-bond acceptors (Lipinski definition) is 5. The quantitative estimate of drug-likeness (QED) is 0.415. The molecule has 1 unspecified atom stereocenters. The molecule has 13 heteroatoms. The fraction of sp³-hybridized carbons (Fsp3) is 0.227. The Morgan fingerprint density at radius 2 is 1.71 bits per heavy atom. The zero-order valence-corrected chi connectivity index (χ0v) is 17.6. The summed E-state index contributed by atoms with van der Waals surface area (Å²) in [5.74, 6) is -0.379. The highest BCUT2D eigenvalue weighted by molar-refractivity contribution is 6.00. The molecule has 1 fully saturated rings. The number of benzene rings is 1. The molecule has 0 radical (unpaired) electrons. The molecule has 2 aromatic heterocycles. The Morgan fingerprint density at radius 1 is 0.971 bits per heavy atom. The second kappa shape index (κ2) is 9.06. The summed E-state index contributed by atoms with van der Waals surface area (Å²) in [6.45, 7) is -0.0663. The zero-order chi connectivity index (χ0) is 25.3. The van der Waals surface area contributed by atoms with Crippen molar-refractivity contribution in [3.8, 4) is 11.6 Å². The predicted octanol–water partition coefficient (Wildman–Crippen LogP) is 6.11.